The monoisotopic (exact) mass is 267 g/mol. The number of aliphatic hydroxyl groups excluding tert-OH is 1. The summed E-state index contributed by atoms with van der Waals surface area (Å²) in [6.45, 7) is 10.8. The molecule has 0 amide bonds. The van der Waals surface area contributed by atoms with E-state index in [4.69, 9.17) is 10.2 Å². The Bertz CT molecular complexity index is 345. The molecule has 0 saturated heterocycles. The Kier molecular flexibility index (Phi) is 7.10. The molecule has 0 fully saturated rings. The van der Waals surface area contributed by atoms with Gasteiger partial charge >= 0.3 is 0 Å². The molecule has 1 aromatic rings. The van der Waals surface area contributed by atoms with Crippen LogP contribution in [-0.2, 0) is 6.54 Å². The van der Waals surface area contributed by atoms with E-state index in [0.717, 1.165) is 38.0 Å². The second-order valence-corrected chi connectivity index (χ2v) is 5.40. The van der Waals surface area contributed by atoms with Crippen LogP contribution < -0.4 is 0 Å². The van der Waals surface area contributed by atoms with Gasteiger partial charge in [-0.1, -0.05) is 13.8 Å². The Morgan fingerprint density at radius 1 is 1.32 bits per heavy atom. The van der Waals surface area contributed by atoms with Crippen molar-refractivity contribution in [3.8, 4) is 0 Å². The Hall–Kier alpha value is -0.870. The minimum absolute atomic E-state index is 0.255. The van der Waals surface area contributed by atoms with Gasteiger partial charge in [-0.3, -0.25) is 9.58 Å². The van der Waals surface area contributed by atoms with Gasteiger partial charge in [-0.25, -0.2) is 0 Å². The molecule has 0 aliphatic heterocycles. The molecule has 1 rings (SSSR count). The highest BCUT2D eigenvalue weighted by atomic mass is 16.3. The van der Waals surface area contributed by atoms with Gasteiger partial charge in [0, 0.05) is 31.9 Å². The fraction of sp³-hybridized carbons (Fsp3) is 0.800. The van der Waals surface area contributed by atoms with E-state index >= 15 is 0 Å². The Morgan fingerprint density at radius 3 is 2.53 bits per heavy atom. The maximum atomic E-state index is 8.96. The topological polar surface area (TPSA) is 41.3 Å². The molecule has 1 N–H and O–H groups in total. The van der Waals surface area contributed by atoms with Gasteiger partial charge in [0.1, 0.15) is 0 Å². The molecule has 0 saturated carbocycles. The number of hydrogen-bond acceptors (Lipinski definition) is 3. The van der Waals surface area contributed by atoms with Crippen molar-refractivity contribution in [3.63, 3.8) is 0 Å². The predicted octanol–water partition coefficient (Wildman–Crippen LogP) is 2.84. The molecule has 0 atom stereocenters. The van der Waals surface area contributed by atoms with Crippen molar-refractivity contribution in [1.29, 1.82) is 0 Å². The van der Waals surface area contributed by atoms with Crippen LogP contribution in [0, 0.1) is 0 Å². The number of nitrogens with zero attached hydrogens (tertiary/aromatic N) is 3. The van der Waals surface area contributed by atoms with E-state index in [0.29, 0.717) is 12.1 Å². The largest absolute Gasteiger partial charge is 0.396 e. The van der Waals surface area contributed by atoms with Crippen molar-refractivity contribution in [2.24, 2.45) is 0 Å². The van der Waals surface area contributed by atoms with Gasteiger partial charge in [0.15, 0.2) is 0 Å². The summed E-state index contributed by atoms with van der Waals surface area (Å²) >= 11 is 0. The van der Waals surface area contributed by atoms with Gasteiger partial charge in [-0.2, -0.15) is 5.10 Å². The number of rotatable bonds is 9. The van der Waals surface area contributed by atoms with Crippen LogP contribution in [0.3, 0.4) is 0 Å². The molecule has 19 heavy (non-hydrogen) atoms. The lowest BCUT2D eigenvalue weighted by molar-refractivity contribution is 0.182. The van der Waals surface area contributed by atoms with Crippen LogP contribution in [0.5, 0.6) is 0 Å². The lowest BCUT2D eigenvalue weighted by atomic mass is 10.2. The minimum atomic E-state index is 0.255. The molecule has 4 nitrogen and oxygen atoms in total. The molecule has 0 aliphatic rings. The molecule has 0 radical (unpaired) electrons. The van der Waals surface area contributed by atoms with Crippen LogP contribution in [0.15, 0.2) is 12.3 Å². The lowest BCUT2D eigenvalue weighted by Gasteiger charge is -2.25. The van der Waals surface area contributed by atoms with E-state index in [1.54, 1.807) is 0 Å². The summed E-state index contributed by atoms with van der Waals surface area (Å²) in [6.07, 6.45) is 5.16. The number of hydrogen-bond donors (Lipinski definition) is 1. The summed E-state index contributed by atoms with van der Waals surface area (Å²) in [5.41, 5.74) is 1.12. The first kappa shape index (κ1) is 16.2. The normalized spacial score (nSPS) is 12.0. The zero-order valence-electron chi connectivity index (χ0n) is 12.8. The van der Waals surface area contributed by atoms with E-state index in [-0.39, 0.29) is 6.61 Å². The third-order valence-electron chi connectivity index (χ3n) is 3.68. The molecule has 4 heteroatoms. The van der Waals surface area contributed by atoms with E-state index < -0.39 is 0 Å². The lowest BCUT2D eigenvalue weighted by Crippen LogP contribution is -2.32. The first-order valence-corrected chi connectivity index (χ1v) is 7.51. The second-order valence-electron chi connectivity index (χ2n) is 5.40. The van der Waals surface area contributed by atoms with Gasteiger partial charge < -0.3 is 5.11 Å². The van der Waals surface area contributed by atoms with Crippen molar-refractivity contribution in [2.45, 2.75) is 65.6 Å². The first-order chi connectivity index (χ1) is 9.12. The molecule has 1 heterocycles. The fourth-order valence-electron chi connectivity index (χ4n) is 2.33. The van der Waals surface area contributed by atoms with Crippen LogP contribution in [0.25, 0.3) is 0 Å². The fourth-order valence-corrected chi connectivity index (χ4v) is 2.33. The average Bonchev–Trinajstić information content (AvgIpc) is 2.84. The molecule has 0 spiro atoms. The molecule has 0 aromatic carbocycles. The Morgan fingerprint density at radius 2 is 2.00 bits per heavy atom. The van der Waals surface area contributed by atoms with Gasteiger partial charge in [0.2, 0.25) is 0 Å². The molecule has 0 unspecified atom stereocenters. The van der Waals surface area contributed by atoms with Crippen molar-refractivity contribution in [2.75, 3.05) is 13.2 Å². The van der Waals surface area contributed by atoms with Crippen LogP contribution in [0.2, 0.25) is 0 Å². The summed E-state index contributed by atoms with van der Waals surface area (Å²) in [4.78, 5) is 2.36. The second kappa shape index (κ2) is 8.33. The van der Waals surface area contributed by atoms with E-state index in [2.05, 4.69) is 49.5 Å². The Balaban J connectivity index is 2.64. The van der Waals surface area contributed by atoms with Gasteiger partial charge in [0.25, 0.3) is 0 Å². The highest BCUT2D eigenvalue weighted by Gasteiger charge is 2.13. The first-order valence-electron chi connectivity index (χ1n) is 7.51. The standard InChI is InChI=1S/C15H29N3O/c1-5-15(6-2)18-10-8-14(16-18)12-17(13(3)4)9-7-11-19/h8,10,13,15,19H,5-7,9,11-12H2,1-4H3. The van der Waals surface area contributed by atoms with Crippen LogP contribution in [0.4, 0.5) is 0 Å². The summed E-state index contributed by atoms with van der Waals surface area (Å²) in [7, 11) is 0. The Labute approximate surface area is 117 Å². The number of aromatic nitrogens is 2. The quantitative estimate of drug-likeness (QED) is 0.748. The molecule has 1 aromatic heterocycles. The van der Waals surface area contributed by atoms with Gasteiger partial charge in [-0.05, 0) is 39.2 Å². The summed E-state index contributed by atoms with van der Waals surface area (Å²) in [6, 6.07) is 3.11. The minimum Gasteiger partial charge on any atom is -0.396 e. The van der Waals surface area contributed by atoms with Crippen molar-refractivity contribution >= 4 is 0 Å². The zero-order chi connectivity index (χ0) is 14.3. The van der Waals surface area contributed by atoms with Crippen LogP contribution in [-0.4, -0.2) is 39.0 Å². The van der Waals surface area contributed by atoms with Crippen molar-refractivity contribution in [3.05, 3.63) is 18.0 Å². The molecular weight excluding hydrogens is 238 g/mol. The van der Waals surface area contributed by atoms with Crippen molar-refractivity contribution in [1.82, 2.24) is 14.7 Å². The third-order valence-corrected chi connectivity index (χ3v) is 3.68. The average molecular weight is 267 g/mol. The van der Waals surface area contributed by atoms with Gasteiger partial charge in [-0.15, -0.1) is 0 Å². The summed E-state index contributed by atoms with van der Waals surface area (Å²) in [5.74, 6) is 0. The smallest absolute Gasteiger partial charge is 0.0764 e. The summed E-state index contributed by atoms with van der Waals surface area (Å²) < 4.78 is 2.10. The third kappa shape index (κ3) is 4.96. The van der Waals surface area contributed by atoms with Crippen LogP contribution >= 0.6 is 0 Å². The predicted molar refractivity (Wildman–Crippen MR) is 79.1 cm³/mol. The molecule has 0 bridgehead atoms. The molecular formula is C15H29N3O. The maximum Gasteiger partial charge on any atom is 0.0764 e. The van der Waals surface area contributed by atoms with Gasteiger partial charge in [0.05, 0.1) is 11.7 Å². The van der Waals surface area contributed by atoms with E-state index in [1.165, 1.54) is 0 Å². The van der Waals surface area contributed by atoms with Crippen LogP contribution in [0.1, 0.15) is 58.7 Å². The van der Waals surface area contributed by atoms with Crippen molar-refractivity contribution < 1.29 is 5.11 Å². The highest BCUT2D eigenvalue weighted by Crippen LogP contribution is 2.15. The highest BCUT2D eigenvalue weighted by molar-refractivity contribution is 5.00. The zero-order valence-corrected chi connectivity index (χ0v) is 12.8. The maximum absolute atomic E-state index is 8.96. The number of aliphatic hydroxyl groups is 1. The SMILES string of the molecule is CCC(CC)n1ccc(CN(CCCO)C(C)C)n1. The molecule has 110 valence electrons. The van der Waals surface area contributed by atoms with E-state index in [1.807, 2.05) is 0 Å². The summed E-state index contributed by atoms with van der Waals surface area (Å²) in [5, 5.41) is 13.7. The molecule has 0 aliphatic carbocycles. The van der Waals surface area contributed by atoms with E-state index in [9.17, 15) is 0 Å².